The van der Waals surface area contributed by atoms with Crippen LogP contribution in [0.5, 0.6) is 0 Å². The van der Waals surface area contributed by atoms with Crippen LogP contribution in [-0.2, 0) is 27.3 Å². The van der Waals surface area contributed by atoms with Gasteiger partial charge in [-0.3, -0.25) is 4.79 Å². The maximum atomic E-state index is 13.0. The molecule has 0 spiro atoms. The van der Waals surface area contributed by atoms with Crippen molar-refractivity contribution in [2.75, 3.05) is 13.1 Å². The Morgan fingerprint density at radius 3 is 2.18 bits per heavy atom. The van der Waals surface area contributed by atoms with Crippen molar-refractivity contribution in [1.29, 1.82) is 0 Å². The third-order valence-electron chi connectivity index (χ3n) is 5.47. The second kappa shape index (κ2) is 13.4. The summed E-state index contributed by atoms with van der Waals surface area (Å²) in [7, 11) is 0. The van der Waals surface area contributed by atoms with Gasteiger partial charge in [0.05, 0.1) is 6.10 Å². The first kappa shape index (κ1) is 28.5. The number of ether oxygens (including phenoxy) is 2. The third kappa shape index (κ3) is 9.74. The van der Waals surface area contributed by atoms with Crippen LogP contribution in [-0.4, -0.2) is 54.0 Å². The summed E-state index contributed by atoms with van der Waals surface area (Å²) in [4.78, 5) is 37.4. The molecule has 0 bridgehead atoms. The summed E-state index contributed by atoms with van der Waals surface area (Å²) >= 11 is 0. The number of amides is 3. The van der Waals surface area contributed by atoms with Gasteiger partial charge in [-0.1, -0.05) is 72.8 Å². The standard InChI is InChI=1S/C29H35N3O6/c1-29(2,3)38-27(35)31-18-24(33)17-30-26(34)25(32-28(36)37-19-20-9-5-4-6-10-20)16-21-13-14-22-11-7-8-12-23(22)15-21/h4-15,24-25,33H,16-19H2,1-3H3,(H,30,34)(H,31,35)(H,32,36)/t24?,25-/m0/s1. The summed E-state index contributed by atoms with van der Waals surface area (Å²) in [6.07, 6.45) is -2.25. The molecule has 1 unspecified atom stereocenters. The molecule has 0 aliphatic carbocycles. The molecule has 38 heavy (non-hydrogen) atoms. The summed E-state index contributed by atoms with van der Waals surface area (Å²) in [5.41, 5.74) is 0.998. The molecule has 4 N–H and O–H groups in total. The molecule has 0 radical (unpaired) electrons. The SMILES string of the molecule is CC(C)(C)OC(=O)NCC(O)CNC(=O)[C@H](Cc1ccc2ccccc2c1)NC(=O)OCc1ccccc1. The summed E-state index contributed by atoms with van der Waals surface area (Å²) in [6.45, 7) is 5.01. The predicted molar refractivity (Wildman–Crippen MR) is 144 cm³/mol. The van der Waals surface area contributed by atoms with Gasteiger partial charge in [-0.25, -0.2) is 9.59 Å². The normalized spacial score (nSPS) is 12.7. The molecule has 202 valence electrons. The van der Waals surface area contributed by atoms with Crippen LogP contribution >= 0.6 is 0 Å². The van der Waals surface area contributed by atoms with Gasteiger partial charge in [-0.15, -0.1) is 0 Å². The molecule has 0 aromatic heterocycles. The summed E-state index contributed by atoms with van der Waals surface area (Å²) in [6, 6.07) is 21.9. The number of carbonyl (C=O) groups is 3. The average molecular weight is 522 g/mol. The maximum absolute atomic E-state index is 13.0. The van der Waals surface area contributed by atoms with Crippen molar-refractivity contribution in [3.8, 4) is 0 Å². The Hall–Kier alpha value is -4.11. The van der Waals surface area contributed by atoms with Crippen molar-refractivity contribution in [2.24, 2.45) is 0 Å². The first-order valence-corrected chi connectivity index (χ1v) is 12.5. The molecule has 2 atom stereocenters. The lowest BCUT2D eigenvalue weighted by molar-refractivity contribution is -0.123. The van der Waals surface area contributed by atoms with Gasteiger partial charge in [0.1, 0.15) is 18.2 Å². The average Bonchev–Trinajstić information content (AvgIpc) is 2.88. The van der Waals surface area contributed by atoms with E-state index in [1.54, 1.807) is 20.8 Å². The van der Waals surface area contributed by atoms with Gasteiger partial charge in [0, 0.05) is 19.5 Å². The van der Waals surface area contributed by atoms with E-state index < -0.39 is 35.8 Å². The van der Waals surface area contributed by atoms with Crippen LogP contribution in [0.4, 0.5) is 9.59 Å². The van der Waals surface area contributed by atoms with Crippen molar-refractivity contribution >= 4 is 28.9 Å². The number of hydrogen-bond acceptors (Lipinski definition) is 6. The Labute approximate surface area is 222 Å². The second-order valence-electron chi connectivity index (χ2n) is 9.93. The minimum Gasteiger partial charge on any atom is -0.445 e. The summed E-state index contributed by atoms with van der Waals surface area (Å²) < 4.78 is 10.4. The highest BCUT2D eigenvalue weighted by Gasteiger charge is 2.23. The highest BCUT2D eigenvalue weighted by molar-refractivity contribution is 5.87. The number of fused-ring (bicyclic) bond motifs is 1. The van der Waals surface area contributed by atoms with Gasteiger partial charge in [0.25, 0.3) is 0 Å². The van der Waals surface area contributed by atoms with Gasteiger partial charge in [0.2, 0.25) is 5.91 Å². The van der Waals surface area contributed by atoms with Gasteiger partial charge in [-0.05, 0) is 42.7 Å². The molecule has 0 aliphatic heterocycles. The van der Waals surface area contributed by atoms with Crippen LogP contribution in [0.2, 0.25) is 0 Å². The fourth-order valence-corrected chi connectivity index (χ4v) is 3.65. The Balaban J connectivity index is 1.60. The molecule has 9 heteroatoms. The molecule has 3 aromatic rings. The summed E-state index contributed by atoms with van der Waals surface area (Å²) in [5, 5.41) is 20.0. The number of benzene rings is 3. The number of aliphatic hydroxyl groups is 1. The molecular formula is C29H35N3O6. The third-order valence-corrected chi connectivity index (χ3v) is 5.47. The fraction of sp³-hybridized carbons (Fsp3) is 0.345. The van der Waals surface area contributed by atoms with Crippen molar-refractivity contribution in [3.63, 3.8) is 0 Å². The topological polar surface area (TPSA) is 126 Å². The molecule has 0 saturated carbocycles. The van der Waals surface area contributed by atoms with Gasteiger partial charge in [-0.2, -0.15) is 0 Å². The van der Waals surface area contributed by atoms with Crippen LogP contribution in [0.25, 0.3) is 10.8 Å². The van der Waals surface area contributed by atoms with E-state index in [0.29, 0.717) is 0 Å². The largest absolute Gasteiger partial charge is 0.445 e. The molecule has 3 amide bonds. The van der Waals surface area contributed by atoms with E-state index >= 15 is 0 Å². The highest BCUT2D eigenvalue weighted by atomic mass is 16.6. The molecular weight excluding hydrogens is 486 g/mol. The zero-order chi connectivity index (χ0) is 27.5. The van der Waals surface area contributed by atoms with Crippen LogP contribution in [0.1, 0.15) is 31.9 Å². The second-order valence-corrected chi connectivity index (χ2v) is 9.93. The predicted octanol–water partition coefficient (Wildman–Crippen LogP) is 3.68. The number of carbonyl (C=O) groups excluding carboxylic acids is 3. The van der Waals surface area contributed by atoms with Gasteiger partial charge < -0.3 is 30.5 Å². The molecule has 9 nitrogen and oxygen atoms in total. The lowest BCUT2D eigenvalue weighted by atomic mass is 10.0. The Bertz CT molecular complexity index is 1230. The molecule has 0 heterocycles. The smallest absolute Gasteiger partial charge is 0.408 e. The number of rotatable bonds is 10. The van der Waals surface area contributed by atoms with Crippen LogP contribution in [0.3, 0.4) is 0 Å². The Kier molecular flexibility index (Phi) is 10.1. The van der Waals surface area contributed by atoms with E-state index in [-0.39, 0.29) is 26.1 Å². The van der Waals surface area contributed by atoms with Gasteiger partial charge >= 0.3 is 12.2 Å². The van der Waals surface area contributed by atoms with E-state index in [1.165, 1.54) is 0 Å². The Morgan fingerprint density at radius 1 is 0.816 bits per heavy atom. The van der Waals surface area contributed by atoms with Crippen LogP contribution in [0.15, 0.2) is 72.8 Å². The van der Waals surface area contributed by atoms with E-state index in [0.717, 1.165) is 21.9 Å². The van der Waals surface area contributed by atoms with E-state index in [2.05, 4.69) is 16.0 Å². The lowest BCUT2D eigenvalue weighted by Crippen LogP contribution is -2.50. The monoisotopic (exact) mass is 521 g/mol. The first-order chi connectivity index (χ1) is 18.1. The van der Waals surface area contributed by atoms with Crippen molar-refractivity contribution in [1.82, 2.24) is 16.0 Å². The zero-order valence-electron chi connectivity index (χ0n) is 21.9. The van der Waals surface area contributed by atoms with Crippen molar-refractivity contribution < 1.29 is 29.0 Å². The van der Waals surface area contributed by atoms with E-state index in [9.17, 15) is 19.5 Å². The minimum absolute atomic E-state index is 0.0615. The van der Waals surface area contributed by atoms with Crippen LogP contribution < -0.4 is 16.0 Å². The van der Waals surface area contributed by atoms with Crippen molar-refractivity contribution in [2.45, 2.75) is 51.5 Å². The van der Waals surface area contributed by atoms with E-state index in [1.807, 2.05) is 72.8 Å². The Morgan fingerprint density at radius 2 is 1.47 bits per heavy atom. The maximum Gasteiger partial charge on any atom is 0.408 e. The molecule has 0 saturated heterocycles. The molecule has 0 fully saturated rings. The number of aliphatic hydroxyl groups excluding tert-OH is 1. The first-order valence-electron chi connectivity index (χ1n) is 12.5. The summed E-state index contributed by atoms with van der Waals surface area (Å²) in [5.74, 6) is -0.494. The lowest BCUT2D eigenvalue weighted by Gasteiger charge is -2.22. The number of nitrogens with one attached hydrogen (secondary N) is 3. The number of hydrogen-bond donors (Lipinski definition) is 4. The molecule has 3 aromatic carbocycles. The molecule has 3 rings (SSSR count). The van der Waals surface area contributed by atoms with Gasteiger partial charge in [0.15, 0.2) is 0 Å². The van der Waals surface area contributed by atoms with Crippen LogP contribution in [0, 0.1) is 0 Å². The molecule has 0 aliphatic rings. The van der Waals surface area contributed by atoms with E-state index in [4.69, 9.17) is 9.47 Å². The fourth-order valence-electron chi connectivity index (χ4n) is 3.65. The minimum atomic E-state index is -1.06. The number of alkyl carbamates (subject to hydrolysis) is 2. The quantitative estimate of drug-likeness (QED) is 0.323. The highest BCUT2D eigenvalue weighted by Crippen LogP contribution is 2.17. The van der Waals surface area contributed by atoms with Crippen molar-refractivity contribution in [3.05, 3.63) is 83.9 Å². The zero-order valence-corrected chi connectivity index (χ0v) is 21.9.